The van der Waals surface area contributed by atoms with Crippen molar-refractivity contribution in [1.82, 2.24) is 15.1 Å². The van der Waals surface area contributed by atoms with Gasteiger partial charge in [-0.2, -0.15) is 0 Å². The van der Waals surface area contributed by atoms with Crippen LogP contribution in [0.1, 0.15) is 46.0 Å². The van der Waals surface area contributed by atoms with Crippen LogP contribution in [0, 0.1) is 5.92 Å². The number of nitrogens with one attached hydrogen (secondary N) is 1. The molecule has 112 valence electrons. The molecule has 2 aliphatic rings. The summed E-state index contributed by atoms with van der Waals surface area (Å²) >= 11 is 0. The zero-order chi connectivity index (χ0) is 13.7. The van der Waals surface area contributed by atoms with Crippen molar-refractivity contribution in [2.45, 2.75) is 58.0 Å². The van der Waals surface area contributed by atoms with Gasteiger partial charge in [-0.15, -0.1) is 0 Å². The fourth-order valence-electron chi connectivity index (χ4n) is 3.46. The summed E-state index contributed by atoms with van der Waals surface area (Å²) in [5.74, 6) is 0.972. The van der Waals surface area contributed by atoms with Gasteiger partial charge in [-0.25, -0.2) is 0 Å². The second-order valence-corrected chi connectivity index (χ2v) is 6.89. The summed E-state index contributed by atoms with van der Waals surface area (Å²) in [6.45, 7) is 11.0. The largest absolute Gasteiger partial charge is 0.314 e. The molecule has 3 nitrogen and oxygen atoms in total. The highest BCUT2D eigenvalue weighted by molar-refractivity contribution is 4.79. The second kappa shape index (κ2) is 7.61. The van der Waals surface area contributed by atoms with E-state index in [-0.39, 0.29) is 0 Å². The maximum Gasteiger partial charge on any atom is 0.00914 e. The van der Waals surface area contributed by atoms with Crippen molar-refractivity contribution in [2.24, 2.45) is 5.92 Å². The standard InChI is InChI=1S/C16H33N3/c1-14(2)19-12-7-16(8-13-19)17-9-4-15-5-10-18(3)11-6-15/h14-17H,4-13H2,1-3H3. The van der Waals surface area contributed by atoms with E-state index in [1.165, 1.54) is 64.8 Å². The Balaban J connectivity index is 1.54. The molecule has 0 aromatic heterocycles. The first-order valence-corrected chi connectivity index (χ1v) is 8.31. The molecule has 2 saturated heterocycles. The zero-order valence-corrected chi connectivity index (χ0v) is 13.2. The molecule has 2 fully saturated rings. The minimum Gasteiger partial charge on any atom is -0.314 e. The van der Waals surface area contributed by atoms with Gasteiger partial charge in [-0.05, 0) is 91.6 Å². The first-order chi connectivity index (χ1) is 9.15. The molecule has 0 aromatic carbocycles. The van der Waals surface area contributed by atoms with E-state index < -0.39 is 0 Å². The molecule has 1 N–H and O–H groups in total. The third-order valence-corrected chi connectivity index (χ3v) is 5.08. The minimum atomic E-state index is 0.722. The molecule has 0 aliphatic carbocycles. The van der Waals surface area contributed by atoms with Gasteiger partial charge in [0.2, 0.25) is 0 Å². The quantitative estimate of drug-likeness (QED) is 0.824. The van der Waals surface area contributed by atoms with E-state index in [0.717, 1.165) is 18.0 Å². The van der Waals surface area contributed by atoms with E-state index in [9.17, 15) is 0 Å². The van der Waals surface area contributed by atoms with Crippen LogP contribution in [0.3, 0.4) is 0 Å². The monoisotopic (exact) mass is 267 g/mol. The van der Waals surface area contributed by atoms with Crippen LogP contribution in [0.25, 0.3) is 0 Å². The van der Waals surface area contributed by atoms with Crippen LogP contribution in [-0.4, -0.2) is 61.7 Å². The van der Waals surface area contributed by atoms with Crippen LogP contribution >= 0.6 is 0 Å². The van der Waals surface area contributed by atoms with E-state index in [4.69, 9.17) is 0 Å². The molecule has 0 atom stereocenters. The summed E-state index contributed by atoms with van der Waals surface area (Å²) in [4.78, 5) is 5.07. The van der Waals surface area contributed by atoms with Crippen LogP contribution in [0.15, 0.2) is 0 Å². The number of rotatable bonds is 5. The first kappa shape index (κ1) is 15.3. The zero-order valence-electron chi connectivity index (χ0n) is 13.2. The van der Waals surface area contributed by atoms with Gasteiger partial charge < -0.3 is 15.1 Å². The van der Waals surface area contributed by atoms with Crippen molar-refractivity contribution in [3.63, 3.8) is 0 Å². The number of piperidine rings is 2. The molecule has 0 spiro atoms. The molecule has 0 saturated carbocycles. The van der Waals surface area contributed by atoms with Crippen molar-refractivity contribution >= 4 is 0 Å². The van der Waals surface area contributed by atoms with Gasteiger partial charge in [-0.3, -0.25) is 0 Å². The molecular weight excluding hydrogens is 234 g/mol. The lowest BCUT2D eigenvalue weighted by atomic mass is 9.93. The second-order valence-electron chi connectivity index (χ2n) is 6.89. The van der Waals surface area contributed by atoms with Gasteiger partial charge in [0, 0.05) is 12.1 Å². The molecule has 2 aliphatic heterocycles. The van der Waals surface area contributed by atoms with Gasteiger partial charge in [0.1, 0.15) is 0 Å². The molecule has 3 heteroatoms. The number of hydrogen-bond donors (Lipinski definition) is 1. The molecule has 2 rings (SSSR count). The van der Waals surface area contributed by atoms with Gasteiger partial charge in [0.15, 0.2) is 0 Å². The fourth-order valence-corrected chi connectivity index (χ4v) is 3.46. The Morgan fingerprint density at radius 2 is 1.63 bits per heavy atom. The molecule has 0 radical (unpaired) electrons. The van der Waals surface area contributed by atoms with Crippen LogP contribution < -0.4 is 5.32 Å². The van der Waals surface area contributed by atoms with E-state index in [1.807, 2.05) is 0 Å². The van der Waals surface area contributed by atoms with Crippen molar-refractivity contribution in [1.29, 1.82) is 0 Å². The Hall–Kier alpha value is -0.120. The molecule has 2 heterocycles. The summed E-state index contributed by atoms with van der Waals surface area (Å²) in [5.41, 5.74) is 0. The number of nitrogens with zero attached hydrogens (tertiary/aromatic N) is 2. The van der Waals surface area contributed by atoms with Gasteiger partial charge >= 0.3 is 0 Å². The van der Waals surface area contributed by atoms with E-state index in [2.05, 4.69) is 36.0 Å². The third kappa shape index (κ3) is 5.05. The molecule has 0 aromatic rings. The smallest absolute Gasteiger partial charge is 0.00914 e. The predicted octanol–water partition coefficient (Wildman–Crippen LogP) is 2.18. The maximum atomic E-state index is 3.80. The van der Waals surface area contributed by atoms with Crippen LogP contribution in [0.5, 0.6) is 0 Å². The average Bonchev–Trinajstić information content (AvgIpc) is 2.41. The normalized spacial score (nSPS) is 25.3. The lowest BCUT2D eigenvalue weighted by molar-refractivity contribution is 0.158. The lowest BCUT2D eigenvalue weighted by Gasteiger charge is -2.35. The molecule has 0 amide bonds. The summed E-state index contributed by atoms with van der Waals surface area (Å²) in [6, 6.07) is 1.50. The summed E-state index contributed by atoms with van der Waals surface area (Å²) in [5, 5.41) is 3.80. The Morgan fingerprint density at radius 3 is 2.21 bits per heavy atom. The Kier molecular flexibility index (Phi) is 6.11. The van der Waals surface area contributed by atoms with Crippen LogP contribution in [0.2, 0.25) is 0 Å². The summed E-state index contributed by atoms with van der Waals surface area (Å²) < 4.78 is 0. The highest BCUT2D eigenvalue weighted by Crippen LogP contribution is 2.19. The molecular formula is C16H33N3. The summed E-state index contributed by atoms with van der Waals surface area (Å²) in [6.07, 6.45) is 6.88. The van der Waals surface area contributed by atoms with Crippen molar-refractivity contribution < 1.29 is 0 Å². The highest BCUT2D eigenvalue weighted by Gasteiger charge is 2.21. The van der Waals surface area contributed by atoms with Crippen molar-refractivity contribution in [2.75, 3.05) is 39.8 Å². The van der Waals surface area contributed by atoms with E-state index in [0.29, 0.717) is 0 Å². The van der Waals surface area contributed by atoms with E-state index in [1.54, 1.807) is 0 Å². The average molecular weight is 267 g/mol. The third-order valence-electron chi connectivity index (χ3n) is 5.08. The lowest BCUT2D eigenvalue weighted by Crippen LogP contribution is -2.45. The SMILES string of the molecule is CC(C)N1CCC(NCCC2CCN(C)CC2)CC1. The fraction of sp³-hybridized carbons (Fsp3) is 1.00. The minimum absolute atomic E-state index is 0.722. The molecule has 0 unspecified atom stereocenters. The molecule has 19 heavy (non-hydrogen) atoms. The Morgan fingerprint density at radius 1 is 1.00 bits per heavy atom. The summed E-state index contributed by atoms with van der Waals surface area (Å²) in [7, 11) is 2.25. The van der Waals surface area contributed by atoms with Gasteiger partial charge in [0.25, 0.3) is 0 Å². The van der Waals surface area contributed by atoms with Crippen molar-refractivity contribution in [3.8, 4) is 0 Å². The van der Waals surface area contributed by atoms with Crippen molar-refractivity contribution in [3.05, 3.63) is 0 Å². The van der Waals surface area contributed by atoms with E-state index >= 15 is 0 Å². The van der Waals surface area contributed by atoms with Gasteiger partial charge in [-0.1, -0.05) is 0 Å². The maximum absolute atomic E-state index is 3.80. The van der Waals surface area contributed by atoms with Crippen LogP contribution in [-0.2, 0) is 0 Å². The highest BCUT2D eigenvalue weighted by atomic mass is 15.2. The first-order valence-electron chi connectivity index (χ1n) is 8.31. The number of likely N-dealkylation sites (tertiary alicyclic amines) is 2. The topological polar surface area (TPSA) is 18.5 Å². The molecule has 0 bridgehead atoms. The van der Waals surface area contributed by atoms with Crippen LogP contribution in [0.4, 0.5) is 0 Å². The Labute approximate surface area is 119 Å². The number of hydrogen-bond acceptors (Lipinski definition) is 3. The van der Waals surface area contributed by atoms with Gasteiger partial charge in [0.05, 0.1) is 0 Å². The predicted molar refractivity (Wildman–Crippen MR) is 82.6 cm³/mol. The Bertz CT molecular complexity index is 238.